The van der Waals surface area contributed by atoms with Gasteiger partial charge in [0.15, 0.2) is 0 Å². The number of aromatic nitrogens is 3. The molecule has 1 fully saturated rings. The Kier molecular flexibility index (Phi) is 3.36. The Hall–Kier alpha value is -0.900. The van der Waals surface area contributed by atoms with Crippen molar-refractivity contribution in [2.75, 3.05) is 6.54 Å². The van der Waals surface area contributed by atoms with E-state index in [0.717, 1.165) is 24.6 Å². The minimum absolute atomic E-state index is 0.598. The maximum atomic E-state index is 4.13. The highest BCUT2D eigenvalue weighted by atomic mass is 15.4. The molecule has 2 unspecified atom stereocenters. The summed E-state index contributed by atoms with van der Waals surface area (Å²) in [6.07, 6.45) is 6.95. The highest BCUT2D eigenvalue weighted by Gasteiger charge is 2.20. The van der Waals surface area contributed by atoms with Crippen molar-refractivity contribution < 1.29 is 0 Å². The van der Waals surface area contributed by atoms with Gasteiger partial charge in [0.2, 0.25) is 0 Å². The fourth-order valence-corrected chi connectivity index (χ4v) is 2.36. The fraction of sp³-hybridized carbons (Fsp3) is 0.818. The van der Waals surface area contributed by atoms with E-state index >= 15 is 0 Å². The second-order valence-electron chi connectivity index (χ2n) is 4.54. The molecular weight excluding hydrogens is 188 g/mol. The third-order valence-corrected chi connectivity index (χ3v) is 3.29. The van der Waals surface area contributed by atoms with Crippen molar-refractivity contribution in [1.29, 1.82) is 0 Å². The zero-order valence-corrected chi connectivity index (χ0v) is 9.61. The van der Waals surface area contributed by atoms with E-state index in [1.54, 1.807) is 4.68 Å². The predicted octanol–water partition coefficient (Wildman–Crippen LogP) is 1.14. The molecule has 0 aliphatic carbocycles. The van der Waals surface area contributed by atoms with E-state index in [4.69, 9.17) is 0 Å². The van der Waals surface area contributed by atoms with Crippen molar-refractivity contribution in [1.82, 2.24) is 20.3 Å². The molecule has 1 aromatic rings. The van der Waals surface area contributed by atoms with E-state index < -0.39 is 0 Å². The summed E-state index contributed by atoms with van der Waals surface area (Å²) >= 11 is 0. The largest absolute Gasteiger partial charge is 0.314 e. The Morgan fingerprint density at radius 2 is 2.47 bits per heavy atom. The summed E-state index contributed by atoms with van der Waals surface area (Å²) in [5, 5.41) is 11.7. The first-order chi connectivity index (χ1) is 7.28. The van der Waals surface area contributed by atoms with Gasteiger partial charge in [0.05, 0.1) is 5.69 Å². The van der Waals surface area contributed by atoms with Crippen molar-refractivity contribution in [2.45, 2.75) is 38.6 Å². The lowest BCUT2D eigenvalue weighted by molar-refractivity contribution is 0.293. The standard InChI is InChI=1S/C11H20N4/c1-3-9-4-5-12-10(6-9)7-11-8-15(2)14-13-11/h8-10,12H,3-7H2,1-2H3. The second kappa shape index (κ2) is 4.75. The number of hydrogen-bond donors (Lipinski definition) is 1. The lowest BCUT2D eigenvalue weighted by Gasteiger charge is -2.29. The predicted molar refractivity (Wildman–Crippen MR) is 59.5 cm³/mol. The Balaban J connectivity index is 1.88. The molecule has 1 aliphatic heterocycles. The number of nitrogens with one attached hydrogen (secondary N) is 1. The highest BCUT2D eigenvalue weighted by Crippen LogP contribution is 2.20. The first-order valence-corrected chi connectivity index (χ1v) is 5.86. The van der Waals surface area contributed by atoms with Crippen molar-refractivity contribution in [3.8, 4) is 0 Å². The summed E-state index contributed by atoms with van der Waals surface area (Å²) in [5.41, 5.74) is 1.10. The maximum absolute atomic E-state index is 4.13. The van der Waals surface area contributed by atoms with E-state index in [1.165, 1.54) is 19.3 Å². The van der Waals surface area contributed by atoms with Gasteiger partial charge in [-0.3, -0.25) is 4.68 Å². The molecule has 1 saturated heterocycles. The summed E-state index contributed by atoms with van der Waals surface area (Å²) < 4.78 is 1.77. The van der Waals surface area contributed by atoms with Gasteiger partial charge in [-0.05, 0) is 25.3 Å². The lowest BCUT2D eigenvalue weighted by atomic mass is 9.89. The molecule has 2 rings (SSSR count). The molecule has 0 aromatic carbocycles. The zero-order chi connectivity index (χ0) is 10.7. The molecule has 0 amide bonds. The van der Waals surface area contributed by atoms with Crippen LogP contribution in [0.15, 0.2) is 6.20 Å². The molecule has 4 nitrogen and oxygen atoms in total. The first-order valence-electron chi connectivity index (χ1n) is 5.86. The molecule has 84 valence electrons. The molecule has 1 aromatic heterocycles. The van der Waals surface area contributed by atoms with Gasteiger partial charge in [0.25, 0.3) is 0 Å². The van der Waals surface area contributed by atoms with Crippen LogP contribution in [0, 0.1) is 5.92 Å². The van der Waals surface area contributed by atoms with Gasteiger partial charge in [0.1, 0.15) is 0 Å². The van der Waals surface area contributed by atoms with Crippen LogP contribution in [0.4, 0.5) is 0 Å². The summed E-state index contributed by atoms with van der Waals surface area (Å²) in [5.74, 6) is 0.896. The van der Waals surface area contributed by atoms with Gasteiger partial charge in [0, 0.05) is 25.7 Å². The molecule has 0 saturated carbocycles. The van der Waals surface area contributed by atoms with Crippen molar-refractivity contribution in [3.63, 3.8) is 0 Å². The molecule has 4 heteroatoms. The van der Waals surface area contributed by atoms with E-state index in [1.807, 2.05) is 13.2 Å². The average Bonchev–Trinajstić information content (AvgIpc) is 2.64. The number of piperidine rings is 1. The lowest BCUT2D eigenvalue weighted by Crippen LogP contribution is -2.39. The zero-order valence-electron chi connectivity index (χ0n) is 9.61. The minimum atomic E-state index is 0.598. The van der Waals surface area contributed by atoms with E-state index in [9.17, 15) is 0 Å². The first kappa shape index (κ1) is 10.6. The van der Waals surface area contributed by atoms with Crippen LogP contribution >= 0.6 is 0 Å². The molecule has 1 N–H and O–H groups in total. The van der Waals surface area contributed by atoms with E-state index in [0.29, 0.717) is 6.04 Å². The molecule has 15 heavy (non-hydrogen) atoms. The molecule has 0 spiro atoms. The quantitative estimate of drug-likeness (QED) is 0.810. The minimum Gasteiger partial charge on any atom is -0.314 e. The van der Waals surface area contributed by atoms with Crippen molar-refractivity contribution in [3.05, 3.63) is 11.9 Å². The average molecular weight is 208 g/mol. The normalized spacial score (nSPS) is 26.8. The van der Waals surface area contributed by atoms with Gasteiger partial charge >= 0.3 is 0 Å². The van der Waals surface area contributed by atoms with Crippen LogP contribution in [0.5, 0.6) is 0 Å². The van der Waals surface area contributed by atoms with Crippen LogP contribution in [-0.4, -0.2) is 27.6 Å². The number of rotatable bonds is 3. The van der Waals surface area contributed by atoms with Crippen LogP contribution in [0.25, 0.3) is 0 Å². The van der Waals surface area contributed by atoms with Crippen LogP contribution in [-0.2, 0) is 13.5 Å². The molecule has 1 aliphatic rings. The van der Waals surface area contributed by atoms with Gasteiger partial charge < -0.3 is 5.32 Å². The Labute approximate surface area is 91.1 Å². The van der Waals surface area contributed by atoms with Crippen LogP contribution in [0.3, 0.4) is 0 Å². The Morgan fingerprint density at radius 3 is 3.13 bits per heavy atom. The van der Waals surface area contributed by atoms with Crippen LogP contribution in [0.2, 0.25) is 0 Å². The van der Waals surface area contributed by atoms with Gasteiger partial charge in [-0.25, -0.2) is 0 Å². The van der Waals surface area contributed by atoms with Crippen LogP contribution < -0.4 is 5.32 Å². The molecular formula is C11H20N4. The molecule has 0 radical (unpaired) electrons. The Bertz CT molecular complexity index is 307. The summed E-state index contributed by atoms with van der Waals surface area (Å²) in [4.78, 5) is 0. The molecule has 2 heterocycles. The number of aryl methyl sites for hydroxylation is 1. The molecule has 2 atom stereocenters. The smallest absolute Gasteiger partial charge is 0.0842 e. The summed E-state index contributed by atoms with van der Waals surface area (Å²) in [6, 6.07) is 0.598. The third-order valence-electron chi connectivity index (χ3n) is 3.29. The van der Waals surface area contributed by atoms with E-state index in [-0.39, 0.29) is 0 Å². The third kappa shape index (κ3) is 2.78. The number of hydrogen-bond acceptors (Lipinski definition) is 3. The highest BCUT2D eigenvalue weighted by molar-refractivity contribution is 4.97. The second-order valence-corrected chi connectivity index (χ2v) is 4.54. The van der Waals surface area contributed by atoms with Crippen molar-refractivity contribution in [2.24, 2.45) is 13.0 Å². The molecule has 0 bridgehead atoms. The van der Waals surface area contributed by atoms with Gasteiger partial charge in [-0.1, -0.05) is 18.6 Å². The monoisotopic (exact) mass is 208 g/mol. The topological polar surface area (TPSA) is 42.7 Å². The van der Waals surface area contributed by atoms with Crippen LogP contribution in [0.1, 0.15) is 31.9 Å². The van der Waals surface area contributed by atoms with Gasteiger partial charge in [-0.2, -0.15) is 0 Å². The summed E-state index contributed by atoms with van der Waals surface area (Å²) in [6.45, 7) is 3.44. The number of nitrogens with zero attached hydrogens (tertiary/aromatic N) is 3. The van der Waals surface area contributed by atoms with Crippen molar-refractivity contribution >= 4 is 0 Å². The SMILES string of the molecule is CCC1CCNC(Cc2cn(C)nn2)C1. The van der Waals surface area contributed by atoms with E-state index in [2.05, 4.69) is 22.6 Å². The maximum Gasteiger partial charge on any atom is 0.0842 e. The summed E-state index contributed by atoms with van der Waals surface area (Å²) in [7, 11) is 1.92. The Morgan fingerprint density at radius 1 is 1.60 bits per heavy atom. The fourth-order valence-electron chi connectivity index (χ4n) is 2.36. The van der Waals surface area contributed by atoms with Gasteiger partial charge in [-0.15, -0.1) is 5.10 Å².